The van der Waals surface area contributed by atoms with E-state index >= 15 is 0 Å². The number of rotatable bonds is 7. The molecule has 2 N–H and O–H groups in total. The molecule has 2 aromatic carbocycles. The Morgan fingerprint density at radius 1 is 0.974 bits per heavy atom. The van der Waals surface area contributed by atoms with Gasteiger partial charge in [-0.25, -0.2) is 27.4 Å². The van der Waals surface area contributed by atoms with E-state index in [4.69, 9.17) is 9.47 Å². The second kappa shape index (κ2) is 11.4. The lowest BCUT2D eigenvalue weighted by atomic mass is 10.1. The molecule has 0 spiro atoms. The zero-order valence-electron chi connectivity index (χ0n) is 21.5. The smallest absolute Gasteiger partial charge is 0.435 e. The van der Waals surface area contributed by atoms with E-state index in [0.717, 1.165) is 28.4 Å². The van der Waals surface area contributed by atoms with Gasteiger partial charge in [0, 0.05) is 5.56 Å². The summed E-state index contributed by atoms with van der Waals surface area (Å²) in [7, 11) is -4.37. The fourth-order valence-corrected chi connectivity index (χ4v) is 4.11. The molecule has 0 aliphatic carbocycles. The maximum atomic E-state index is 13.4. The molecule has 1 aromatic heterocycles. The summed E-state index contributed by atoms with van der Waals surface area (Å²) in [4.78, 5) is 23.2. The van der Waals surface area contributed by atoms with Gasteiger partial charge in [0.2, 0.25) is 0 Å². The summed E-state index contributed by atoms with van der Waals surface area (Å²) in [5, 5.41) is 6.02. The summed E-state index contributed by atoms with van der Waals surface area (Å²) >= 11 is 0. The van der Waals surface area contributed by atoms with Gasteiger partial charge in [-0.15, -0.1) is 0 Å². The highest BCUT2D eigenvalue weighted by Crippen LogP contribution is 2.33. The topological polar surface area (TPSA) is 129 Å². The van der Waals surface area contributed by atoms with Crippen molar-refractivity contribution in [2.24, 2.45) is 0 Å². The van der Waals surface area contributed by atoms with E-state index in [-0.39, 0.29) is 29.4 Å². The number of aromatic nitrogens is 2. The van der Waals surface area contributed by atoms with Gasteiger partial charge >= 0.3 is 18.4 Å². The van der Waals surface area contributed by atoms with Crippen molar-refractivity contribution in [2.45, 2.75) is 44.4 Å². The first-order valence-corrected chi connectivity index (χ1v) is 13.0. The second-order valence-corrected chi connectivity index (χ2v) is 11.0. The molecule has 0 saturated carbocycles. The lowest BCUT2D eigenvalue weighted by Gasteiger charge is -2.19. The molecule has 39 heavy (non-hydrogen) atoms. The third-order valence-electron chi connectivity index (χ3n) is 4.96. The van der Waals surface area contributed by atoms with Gasteiger partial charge in [0.05, 0.1) is 22.8 Å². The molecule has 0 atom stereocenters. The van der Waals surface area contributed by atoms with Crippen LogP contribution in [0.2, 0.25) is 0 Å². The highest BCUT2D eigenvalue weighted by atomic mass is 32.2. The summed E-state index contributed by atoms with van der Waals surface area (Å²) in [6, 6.07) is 12.4. The van der Waals surface area contributed by atoms with Crippen LogP contribution < -0.4 is 10.0 Å². The standard InChI is InChI=1S/C25H27F3N4O6S/c1-16-5-7-17(8-6-16)20-15-21(25(26,27)28)30-32(20)18-9-11-19(12-10-18)39(35,36)31-23(34)37-14-13-29-22(33)38-24(2,3)4/h5-12,15H,13-14H2,1-4H3,(H,29,33)(H,31,34). The lowest BCUT2D eigenvalue weighted by Crippen LogP contribution is -2.36. The van der Waals surface area contributed by atoms with E-state index in [1.807, 2.05) is 6.92 Å². The molecule has 0 bridgehead atoms. The van der Waals surface area contributed by atoms with Crippen molar-refractivity contribution in [1.29, 1.82) is 0 Å². The van der Waals surface area contributed by atoms with Crippen LogP contribution in [0.1, 0.15) is 32.0 Å². The molecule has 3 rings (SSSR count). The Labute approximate surface area is 223 Å². The number of ether oxygens (including phenoxy) is 2. The SMILES string of the molecule is Cc1ccc(-c2cc(C(F)(F)F)nn2-c2ccc(S(=O)(=O)NC(=O)OCCNC(=O)OC(C)(C)C)cc2)cc1. The number of amides is 2. The minimum Gasteiger partial charge on any atom is -0.447 e. The number of carbonyl (C=O) groups excluding carboxylic acids is 2. The molecule has 3 aromatic rings. The number of halogens is 3. The van der Waals surface area contributed by atoms with E-state index in [9.17, 15) is 31.2 Å². The van der Waals surface area contributed by atoms with Crippen molar-refractivity contribution in [1.82, 2.24) is 19.8 Å². The largest absolute Gasteiger partial charge is 0.447 e. The predicted molar refractivity (Wildman–Crippen MR) is 135 cm³/mol. The molecule has 0 unspecified atom stereocenters. The molecular weight excluding hydrogens is 541 g/mol. The number of carbonyl (C=O) groups is 2. The van der Waals surface area contributed by atoms with Crippen LogP contribution in [-0.4, -0.2) is 49.1 Å². The summed E-state index contributed by atoms with van der Waals surface area (Å²) in [6.07, 6.45) is -6.71. The van der Waals surface area contributed by atoms with E-state index in [1.54, 1.807) is 49.8 Å². The Hall–Kier alpha value is -4.07. The molecule has 10 nitrogen and oxygen atoms in total. The molecular formula is C25H27F3N4O6S. The van der Waals surface area contributed by atoms with E-state index in [1.165, 1.54) is 12.1 Å². The Morgan fingerprint density at radius 3 is 2.15 bits per heavy atom. The van der Waals surface area contributed by atoms with Crippen LogP contribution in [0.5, 0.6) is 0 Å². The zero-order valence-corrected chi connectivity index (χ0v) is 22.3. The van der Waals surface area contributed by atoms with Gasteiger partial charge in [0.1, 0.15) is 12.2 Å². The minimum atomic E-state index is -4.69. The molecule has 14 heteroatoms. The van der Waals surface area contributed by atoms with E-state index in [2.05, 4.69) is 10.4 Å². The van der Waals surface area contributed by atoms with Crippen LogP contribution in [0.15, 0.2) is 59.5 Å². The number of alkyl halides is 3. The van der Waals surface area contributed by atoms with Gasteiger partial charge in [-0.2, -0.15) is 18.3 Å². The number of hydrogen-bond donors (Lipinski definition) is 2. The fraction of sp³-hybridized carbons (Fsp3) is 0.320. The van der Waals surface area contributed by atoms with Crippen LogP contribution in [0.4, 0.5) is 22.8 Å². The number of nitrogens with zero attached hydrogens (tertiary/aromatic N) is 2. The quantitative estimate of drug-likeness (QED) is 0.392. The molecule has 2 amide bonds. The highest BCUT2D eigenvalue weighted by molar-refractivity contribution is 7.90. The first-order valence-electron chi connectivity index (χ1n) is 11.6. The van der Waals surface area contributed by atoms with Crippen LogP contribution in [-0.2, 0) is 25.7 Å². The van der Waals surface area contributed by atoms with E-state index < -0.39 is 39.7 Å². The molecule has 1 heterocycles. The monoisotopic (exact) mass is 568 g/mol. The Bertz CT molecular complexity index is 1430. The fourth-order valence-electron chi connectivity index (χ4n) is 3.22. The maximum absolute atomic E-state index is 13.4. The summed E-state index contributed by atoms with van der Waals surface area (Å²) < 4.78 is 77.9. The number of aryl methyl sites for hydroxylation is 1. The van der Waals surface area contributed by atoms with Gasteiger partial charge in [0.15, 0.2) is 5.69 Å². The van der Waals surface area contributed by atoms with Crippen molar-refractivity contribution >= 4 is 22.2 Å². The van der Waals surface area contributed by atoms with Crippen LogP contribution in [0, 0.1) is 6.92 Å². The van der Waals surface area contributed by atoms with Gasteiger partial charge < -0.3 is 14.8 Å². The third-order valence-corrected chi connectivity index (χ3v) is 6.29. The first kappa shape index (κ1) is 29.5. The molecule has 210 valence electrons. The molecule has 0 fully saturated rings. The maximum Gasteiger partial charge on any atom is 0.435 e. The number of sulfonamides is 1. The van der Waals surface area contributed by atoms with Gasteiger partial charge in [-0.1, -0.05) is 29.8 Å². The molecule has 0 radical (unpaired) electrons. The predicted octanol–water partition coefficient (Wildman–Crippen LogP) is 4.81. The van der Waals surface area contributed by atoms with E-state index in [0.29, 0.717) is 5.56 Å². The van der Waals surface area contributed by atoms with Gasteiger partial charge in [0.25, 0.3) is 10.0 Å². The van der Waals surface area contributed by atoms with Crippen molar-refractivity contribution in [2.75, 3.05) is 13.2 Å². The van der Waals surface area contributed by atoms with Gasteiger partial charge in [-0.05, 0) is 58.0 Å². The number of nitrogens with one attached hydrogen (secondary N) is 2. The first-order chi connectivity index (χ1) is 18.0. The van der Waals surface area contributed by atoms with Crippen LogP contribution in [0.3, 0.4) is 0 Å². The van der Waals surface area contributed by atoms with Crippen molar-refractivity contribution < 1.29 is 40.7 Å². The van der Waals surface area contributed by atoms with Gasteiger partial charge in [-0.3, -0.25) is 0 Å². The lowest BCUT2D eigenvalue weighted by molar-refractivity contribution is -0.141. The average Bonchev–Trinajstić information content (AvgIpc) is 3.27. The molecule has 0 aliphatic heterocycles. The van der Waals surface area contributed by atoms with Crippen LogP contribution in [0.25, 0.3) is 16.9 Å². The highest BCUT2D eigenvalue weighted by Gasteiger charge is 2.35. The average molecular weight is 569 g/mol. The number of alkyl carbamates (subject to hydrolysis) is 1. The molecule has 0 aliphatic rings. The van der Waals surface area contributed by atoms with Crippen molar-refractivity contribution in [3.05, 3.63) is 65.9 Å². The summed E-state index contributed by atoms with van der Waals surface area (Å²) in [6.45, 7) is 6.40. The summed E-state index contributed by atoms with van der Waals surface area (Å²) in [5.41, 5.74) is -0.117. The number of hydrogen-bond acceptors (Lipinski definition) is 7. The minimum absolute atomic E-state index is 0.121. The van der Waals surface area contributed by atoms with Crippen molar-refractivity contribution in [3.8, 4) is 16.9 Å². The second-order valence-electron chi connectivity index (χ2n) is 9.35. The zero-order chi connectivity index (χ0) is 29.0. The van der Waals surface area contributed by atoms with Crippen LogP contribution >= 0.6 is 0 Å². The normalized spacial score (nSPS) is 12.1. The number of benzene rings is 2. The Morgan fingerprint density at radius 2 is 1.59 bits per heavy atom. The summed E-state index contributed by atoms with van der Waals surface area (Å²) in [5.74, 6) is 0. The third kappa shape index (κ3) is 8.21. The molecule has 0 saturated heterocycles. The Balaban J connectivity index is 1.70. The van der Waals surface area contributed by atoms with Crippen molar-refractivity contribution in [3.63, 3.8) is 0 Å². The Kier molecular flexibility index (Phi) is 8.58.